The van der Waals surface area contributed by atoms with Gasteiger partial charge < -0.3 is 11.1 Å². The van der Waals surface area contributed by atoms with Crippen LogP contribution in [0.15, 0.2) is 24.3 Å². The van der Waals surface area contributed by atoms with E-state index in [9.17, 15) is 4.79 Å². The summed E-state index contributed by atoms with van der Waals surface area (Å²) in [5, 5.41) is 2.99. The second kappa shape index (κ2) is 6.89. The van der Waals surface area contributed by atoms with Crippen LogP contribution >= 0.6 is 0 Å². The van der Waals surface area contributed by atoms with Gasteiger partial charge in [0, 0.05) is 12.1 Å². The zero-order valence-corrected chi connectivity index (χ0v) is 12.5. The molecule has 1 fully saturated rings. The third-order valence-corrected chi connectivity index (χ3v) is 4.44. The molecule has 20 heavy (non-hydrogen) atoms. The average molecular weight is 274 g/mol. The van der Waals surface area contributed by atoms with Crippen molar-refractivity contribution in [2.75, 3.05) is 11.9 Å². The maximum absolute atomic E-state index is 12.1. The maximum Gasteiger partial charge on any atom is 0.224 e. The van der Waals surface area contributed by atoms with Crippen molar-refractivity contribution >= 4 is 11.6 Å². The number of rotatable bonds is 7. The number of carbonyl (C=O) groups is 1. The van der Waals surface area contributed by atoms with E-state index in [1.807, 2.05) is 12.1 Å². The molecule has 0 heterocycles. The number of hydrogen-bond donors (Lipinski definition) is 2. The predicted octanol–water partition coefficient (Wildman–Crippen LogP) is 3.49. The normalized spacial score (nSPS) is 16.5. The van der Waals surface area contributed by atoms with Gasteiger partial charge in [0.2, 0.25) is 5.91 Å². The number of benzene rings is 1. The van der Waals surface area contributed by atoms with E-state index < -0.39 is 0 Å². The van der Waals surface area contributed by atoms with Gasteiger partial charge in [-0.3, -0.25) is 4.79 Å². The Morgan fingerprint density at radius 3 is 2.50 bits per heavy atom. The van der Waals surface area contributed by atoms with Gasteiger partial charge in [0.15, 0.2) is 0 Å². The summed E-state index contributed by atoms with van der Waals surface area (Å²) >= 11 is 0. The van der Waals surface area contributed by atoms with Gasteiger partial charge in [0.05, 0.1) is 0 Å². The molecule has 0 atom stereocenters. The molecule has 0 spiro atoms. The molecular formula is C17H26N2O. The molecule has 0 bridgehead atoms. The fourth-order valence-corrected chi connectivity index (χ4v) is 2.81. The predicted molar refractivity (Wildman–Crippen MR) is 83.6 cm³/mol. The van der Waals surface area contributed by atoms with Crippen molar-refractivity contribution in [3.8, 4) is 0 Å². The maximum atomic E-state index is 12.1. The number of unbranched alkanes of at least 4 members (excludes halogenated alkanes) is 1. The van der Waals surface area contributed by atoms with Crippen LogP contribution in [0.4, 0.5) is 5.69 Å². The molecule has 1 saturated carbocycles. The van der Waals surface area contributed by atoms with E-state index in [0.29, 0.717) is 13.0 Å². The number of nitrogens with one attached hydrogen (secondary N) is 1. The summed E-state index contributed by atoms with van der Waals surface area (Å²) in [5.41, 5.74) is 8.10. The van der Waals surface area contributed by atoms with Gasteiger partial charge >= 0.3 is 0 Å². The number of aryl methyl sites for hydroxylation is 1. The van der Waals surface area contributed by atoms with Crippen LogP contribution in [0, 0.1) is 5.41 Å². The van der Waals surface area contributed by atoms with Crippen LogP contribution in [0.3, 0.4) is 0 Å². The largest absolute Gasteiger partial charge is 0.330 e. The van der Waals surface area contributed by atoms with Crippen molar-refractivity contribution in [1.29, 1.82) is 0 Å². The minimum absolute atomic E-state index is 0.0746. The van der Waals surface area contributed by atoms with Crippen molar-refractivity contribution in [2.45, 2.75) is 51.9 Å². The summed E-state index contributed by atoms with van der Waals surface area (Å²) in [7, 11) is 0. The highest BCUT2D eigenvalue weighted by Gasteiger charge is 2.37. The van der Waals surface area contributed by atoms with Crippen molar-refractivity contribution in [1.82, 2.24) is 0 Å². The summed E-state index contributed by atoms with van der Waals surface area (Å²) in [6, 6.07) is 8.21. The zero-order valence-electron chi connectivity index (χ0n) is 12.5. The quantitative estimate of drug-likeness (QED) is 0.799. The summed E-state index contributed by atoms with van der Waals surface area (Å²) < 4.78 is 0. The van der Waals surface area contributed by atoms with Crippen LogP contribution in [0.1, 0.15) is 51.0 Å². The molecule has 1 aliphatic rings. The van der Waals surface area contributed by atoms with Crippen LogP contribution in [-0.4, -0.2) is 12.5 Å². The molecule has 3 nitrogen and oxygen atoms in total. The Bertz CT molecular complexity index is 429. The SMILES string of the molecule is CCCCc1ccc(NC(=O)CC2(CN)CCC2)cc1. The number of amides is 1. The Morgan fingerprint density at radius 2 is 2.00 bits per heavy atom. The molecule has 3 heteroatoms. The van der Waals surface area contributed by atoms with E-state index in [2.05, 4.69) is 24.4 Å². The highest BCUT2D eigenvalue weighted by molar-refractivity contribution is 5.91. The van der Waals surface area contributed by atoms with Gasteiger partial charge in [-0.25, -0.2) is 0 Å². The van der Waals surface area contributed by atoms with Gasteiger partial charge in [-0.2, -0.15) is 0 Å². The lowest BCUT2D eigenvalue weighted by atomic mass is 9.66. The number of hydrogen-bond acceptors (Lipinski definition) is 2. The van der Waals surface area contributed by atoms with Crippen LogP contribution in [0.5, 0.6) is 0 Å². The molecule has 110 valence electrons. The van der Waals surface area contributed by atoms with E-state index in [0.717, 1.165) is 24.9 Å². The Hall–Kier alpha value is -1.35. The molecule has 0 radical (unpaired) electrons. The second-order valence-corrected chi connectivity index (χ2v) is 6.08. The summed E-state index contributed by atoms with van der Waals surface area (Å²) in [4.78, 5) is 12.1. The number of nitrogens with two attached hydrogens (primary N) is 1. The smallest absolute Gasteiger partial charge is 0.224 e. The van der Waals surface area contributed by atoms with Crippen LogP contribution in [0.2, 0.25) is 0 Å². The van der Waals surface area contributed by atoms with Crippen molar-refractivity contribution in [3.05, 3.63) is 29.8 Å². The van der Waals surface area contributed by atoms with Gasteiger partial charge in [-0.05, 0) is 55.3 Å². The first kappa shape index (κ1) is 15.0. The first-order valence-electron chi connectivity index (χ1n) is 7.76. The minimum Gasteiger partial charge on any atom is -0.330 e. The first-order chi connectivity index (χ1) is 9.67. The van der Waals surface area contributed by atoms with E-state index >= 15 is 0 Å². The molecule has 0 saturated heterocycles. The molecular weight excluding hydrogens is 248 g/mol. The lowest BCUT2D eigenvalue weighted by Gasteiger charge is -2.40. The molecule has 1 aliphatic carbocycles. The third-order valence-electron chi connectivity index (χ3n) is 4.44. The number of carbonyl (C=O) groups excluding carboxylic acids is 1. The molecule has 1 aromatic carbocycles. The van der Waals surface area contributed by atoms with E-state index in [1.54, 1.807) is 0 Å². The lowest BCUT2D eigenvalue weighted by molar-refractivity contribution is -0.119. The van der Waals surface area contributed by atoms with Gasteiger partial charge in [0.1, 0.15) is 0 Å². The van der Waals surface area contributed by atoms with Gasteiger partial charge in [-0.1, -0.05) is 31.9 Å². The molecule has 0 aliphatic heterocycles. The highest BCUT2D eigenvalue weighted by atomic mass is 16.1. The van der Waals surface area contributed by atoms with Gasteiger partial charge in [0.25, 0.3) is 0 Å². The van der Waals surface area contributed by atoms with Crippen molar-refractivity contribution in [2.24, 2.45) is 11.1 Å². The molecule has 1 aromatic rings. The lowest BCUT2D eigenvalue weighted by Crippen LogP contribution is -2.40. The topological polar surface area (TPSA) is 55.1 Å². The Balaban J connectivity index is 1.84. The minimum atomic E-state index is 0.0746. The highest BCUT2D eigenvalue weighted by Crippen LogP contribution is 2.43. The Kier molecular flexibility index (Phi) is 5.18. The van der Waals surface area contributed by atoms with Crippen molar-refractivity contribution < 1.29 is 4.79 Å². The molecule has 3 N–H and O–H groups in total. The standard InChI is InChI=1S/C17H26N2O/c1-2-3-5-14-6-8-15(9-7-14)19-16(20)12-17(13-18)10-4-11-17/h6-9H,2-5,10-13,18H2,1H3,(H,19,20). The van der Waals surface area contributed by atoms with E-state index in [-0.39, 0.29) is 11.3 Å². The zero-order chi connectivity index (χ0) is 14.4. The van der Waals surface area contributed by atoms with Gasteiger partial charge in [-0.15, -0.1) is 0 Å². The number of anilines is 1. The van der Waals surface area contributed by atoms with Crippen molar-refractivity contribution in [3.63, 3.8) is 0 Å². The molecule has 0 aromatic heterocycles. The average Bonchev–Trinajstić information content (AvgIpc) is 2.42. The van der Waals surface area contributed by atoms with Crippen LogP contribution < -0.4 is 11.1 Å². The molecule has 1 amide bonds. The van der Waals surface area contributed by atoms with Crippen LogP contribution in [0.25, 0.3) is 0 Å². The molecule has 0 unspecified atom stereocenters. The van der Waals surface area contributed by atoms with E-state index in [4.69, 9.17) is 5.73 Å². The summed E-state index contributed by atoms with van der Waals surface area (Å²) in [6.07, 6.45) is 7.48. The fraction of sp³-hybridized carbons (Fsp3) is 0.588. The third kappa shape index (κ3) is 3.83. The van der Waals surface area contributed by atoms with E-state index in [1.165, 1.54) is 24.8 Å². The van der Waals surface area contributed by atoms with Crippen LogP contribution in [-0.2, 0) is 11.2 Å². The monoisotopic (exact) mass is 274 g/mol. The summed E-state index contributed by atoms with van der Waals surface area (Å²) in [6.45, 7) is 2.82. The summed E-state index contributed by atoms with van der Waals surface area (Å²) in [5.74, 6) is 0.0939. The Labute approximate surface area is 121 Å². The first-order valence-corrected chi connectivity index (χ1v) is 7.76. The Morgan fingerprint density at radius 1 is 1.30 bits per heavy atom. The molecule has 2 rings (SSSR count). The fourth-order valence-electron chi connectivity index (χ4n) is 2.81. The second-order valence-electron chi connectivity index (χ2n) is 6.08.